The Labute approximate surface area is 110 Å². The van der Waals surface area contributed by atoms with Crippen molar-refractivity contribution in [3.05, 3.63) is 21.3 Å². The van der Waals surface area contributed by atoms with Crippen LogP contribution >= 0.6 is 22.9 Å². The Bertz CT molecular complexity index is 427. The molecule has 0 aliphatic carbocycles. The molecule has 0 aliphatic rings. The number of nitrogens with zero attached hydrogens (tertiary/aromatic N) is 3. The van der Waals surface area contributed by atoms with Crippen molar-refractivity contribution in [1.82, 2.24) is 4.90 Å². The van der Waals surface area contributed by atoms with Crippen molar-refractivity contribution in [2.45, 2.75) is 19.0 Å². The van der Waals surface area contributed by atoms with Gasteiger partial charge in [0.05, 0.1) is 35.6 Å². The molecular formula is C11H13ClN4S. The minimum Gasteiger partial charge on any atom is -0.326 e. The van der Waals surface area contributed by atoms with Gasteiger partial charge in [0, 0.05) is 10.9 Å². The summed E-state index contributed by atoms with van der Waals surface area (Å²) in [4.78, 5) is 2.74. The van der Waals surface area contributed by atoms with Crippen molar-refractivity contribution in [2.24, 2.45) is 5.73 Å². The first kappa shape index (κ1) is 14.0. The highest BCUT2D eigenvalue weighted by Gasteiger charge is 2.25. The van der Waals surface area contributed by atoms with E-state index in [0.29, 0.717) is 4.34 Å². The number of nitriles is 2. The third kappa shape index (κ3) is 3.69. The summed E-state index contributed by atoms with van der Waals surface area (Å²) in [6, 6.07) is 7.48. The van der Waals surface area contributed by atoms with Gasteiger partial charge in [-0.05, 0) is 19.1 Å². The van der Waals surface area contributed by atoms with Crippen LogP contribution in [0.5, 0.6) is 0 Å². The van der Waals surface area contributed by atoms with Crippen LogP contribution in [0.15, 0.2) is 12.1 Å². The van der Waals surface area contributed by atoms with E-state index in [2.05, 4.69) is 12.1 Å². The second kappa shape index (κ2) is 6.58. The van der Waals surface area contributed by atoms with Crippen molar-refractivity contribution < 1.29 is 0 Å². The monoisotopic (exact) mass is 268 g/mol. The van der Waals surface area contributed by atoms with E-state index in [1.54, 1.807) is 11.0 Å². The van der Waals surface area contributed by atoms with E-state index in [4.69, 9.17) is 27.9 Å². The summed E-state index contributed by atoms with van der Waals surface area (Å²) in [6.07, 6.45) is 0. The summed E-state index contributed by atoms with van der Waals surface area (Å²) < 4.78 is 0.680. The van der Waals surface area contributed by atoms with Gasteiger partial charge < -0.3 is 5.73 Å². The van der Waals surface area contributed by atoms with Crippen LogP contribution in [-0.4, -0.2) is 24.0 Å². The highest BCUT2D eigenvalue weighted by molar-refractivity contribution is 7.16. The van der Waals surface area contributed by atoms with E-state index in [-0.39, 0.29) is 25.2 Å². The number of thiophene rings is 1. The molecule has 0 saturated carbocycles. The van der Waals surface area contributed by atoms with Crippen LogP contribution in [0.3, 0.4) is 0 Å². The molecule has 17 heavy (non-hydrogen) atoms. The van der Waals surface area contributed by atoms with Crippen LogP contribution in [0.1, 0.15) is 17.8 Å². The highest BCUT2D eigenvalue weighted by Crippen LogP contribution is 2.31. The molecule has 0 fully saturated rings. The van der Waals surface area contributed by atoms with Gasteiger partial charge in [0.25, 0.3) is 0 Å². The number of hydrogen-bond acceptors (Lipinski definition) is 5. The van der Waals surface area contributed by atoms with Crippen LogP contribution in [0.4, 0.5) is 0 Å². The van der Waals surface area contributed by atoms with E-state index in [1.807, 2.05) is 13.0 Å². The molecular weight excluding hydrogens is 256 g/mol. The van der Waals surface area contributed by atoms with E-state index >= 15 is 0 Å². The first-order chi connectivity index (χ1) is 8.10. The van der Waals surface area contributed by atoms with Crippen molar-refractivity contribution in [3.8, 4) is 12.1 Å². The standard InChI is InChI=1S/C11H13ClN4S/c1-8(15)11(9-2-3-10(12)17-9)16(6-4-13)7-5-14/h2-3,8,11H,6-7,15H2,1H3. The molecule has 2 N–H and O–H groups in total. The number of hydrogen-bond donors (Lipinski definition) is 1. The largest absolute Gasteiger partial charge is 0.326 e. The van der Waals surface area contributed by atoms with Gasteiger partial charge in [0.2, 0.25) is 0 Å². The van der Waals surface area contributed by atoms with Gasteiger partial charge >= 0.3 is 0 Å². The van der Waals surface area contributed by atoms with Crippen molar-refractivity contribution >= 4 is 22.9 Å². The molecule has 0 saturated heterocycles. The van der Waals surface area contributed by atoms with Gasteiger partial charge in [-0.15, -0.1) is 11.3 Å². The summed E-state index contributed by atoms with van der Waals surface area (Å²) in [7, 11) is 0. The lowest BCUT2D eigenvalue weighted by atomic mass is 10.1. The quantitative estimate of drug-likeness (QED) is 0.830. The minimum atomic E-state index is -0.175. The Hall–Kier alpha value is -1.11. The van der Waals surface area contributed by atoms with Crippen molar-refractivity contribution in [2.75, 3.05) is 13.1 Å². The fraction of sp³-hybridized carbons (Fsp3) is 0.455. The molecule has 0 amide bonds. The third-order valence-corrected chi connectivity index (χ3v) is 3.63. The molecule has 0 bridgehead atoms. The Morgan fingerprint density at radius 2 is 2.00 bits per heavy atom. The maximum atomic E-state index is 8.78. The highest BCUT2D eigenvalue weighted by atomic mass is 35.5. The molecule has 90 valence electrons. The first-order valence-electron chi connectivity index (χ1n) is 5.09. The zero-order chi connectivity index (χ0) is 12.8. The van der Waals surface area contributed by atoms with E-state index in [9.17, 15) is 0 Å². The molecule has 6 heteroatoms. The average molecular weight is 269 g/mol. The lowest BCUT2D eigenvalue weighted by Gasteiger charge is -2.29. The predicted octanol–water partition coefficient (Wildman–Crippen LogP) is 2.14. The normalized spacial score (nSPS) is 14.0. The number of rotatable bonds is 5. The number of nitrogens with two attached hydrogens (primary N) is 1. The van der Waals surface area contributed by atoms with Crippen molar-refractivity contribution in [3.63, 3.8) is 0 Å². The molecule has 1 heterocycles. The molecule has 1 aromatic heterocycles. The molecule has 1 rings (SSSR count). The minimum absolute atomic E-state index is 0.146. The fourth-order valence-electron chi connectivity index (χ4n) is 1.69. The Balaban J connectivity index is 2.99. The topological polar surface area (TPSA) is 76.8 Å². The molecule has 0 radical (unpaired) electrons. The Kier molecular flexibility index (Phi) is 5.40. The molecule has 2 atom stereocenters. The molecule has 2 unspecified atom stereocenters. The van der Waals surface area contributed by atoms with E-state index in [0.717, 1.165) is 4.88 Å². The lowest BCUT2D eigenvalue weighted by Crippen LogP contribution is -2.39. The van der Waals surface area contributed by atoms with Crippen LogP contribution < -0.4 is 5.73 Å². The predicted molar refractivity (Wildman–Crippen MR) is 68.5 cm³/mol. The lowest BCUT2D eigenvalue weighted by molar-refractivity contribution is 0.225. The molecule has 0 spiro atoms. The van der Waals surface area contributed by atoms with Crippen LogP contribution in [0.25, 0.3) is 0 Å². The number of halogens is 1. The van der Waals surface area contributed by atoms with Gasteiger partial charge in [-0.25, -0.2) is 0 Å². The van der Waals surface area contributed by atoms with Gasteiger partial charge in [0.1, 0.15) is 0 Å². The van der Waals surface area contributed by atoms with E-state index < -0.39 is 0 Å². The Morgan fingerprint density at radius 3 is 2.35 bits per heavy atom. The van der Waals surface area contributed by atoms with Gasteiger partial charge in [-0.3, -0.25) is 4.90 Å². The van der Waals surface area contributed by atoms with Gasteiger partial charge in [-0.1, -0.05) is 11.6 Å². The second-order valence-corrected chi connectivity index (χ2v) is 5.41. The SMILES string of the molecule is CC(N)C(c1ccc(Cl)s1)N(CC#N)CC#N. The molecule has 4 nitrogen and oxygen atoms in total. The maximum absolute atomic E-state index is 8.78. The van der Waals surface area contributed by atoms with Gasteiger partial charge in [-0.2, -0.15) is 10.5 Å². The summed E-state index contributed by atoms with van der Waals surface area (Å²) in [6.45, 7) is 2.21. The summed E-state index contributed by atoms with van der Waals surface area (Å²) in [5.41, 5.74) is 5.94. The molecule has 0 aliphatic heterocycles. The fourth-order valence-corrected chi connectivity index (χ4v) is 3.01. The van der Waals surface area contributed by atoms with Crippen LogP contribution in [-0.2, 0) is 0 Å². The van der Waals surface area contributed by atoms with Crippen LogP contribution in [0.2, 0.25) is 4.34 Å². The second-order valence-electron chi connectivity index (χ2n) is 3.67. The van der Waals surface area contributed by atoms with Crippen LogP contribution in [0, 0.1) is 22.7 Å². The zero-order valence-electron chi connectivity index (χ0n) is 9.43. The zero-order valence-corrected chi connectivity index (χ0v) is 11.0. The molecule has 0 aromatic carbocycles. The maximum Gasteiger partial charge on any atom is 0.0931 e. The van der Waals surface area contributed by atoms with Crippen molar-refractivity contribution in [1.29, 1.82) is 10.5 Å². The first-order valence-corrected chi connectivity index (χ1v) is 6.28. The smallest absolute Gasteiger partial charge is 0.0931 e. The average Bonchev–Trinajstić information content (AvgIpc) is 2.65. The Morgan fingerprint density at radius 1 is 1.41 bits per heavy atom. The van der Waals surface area contributed by atoms with E-state index in [1.165, 1.54) is 11.3 Å². The van der Waals surface area contributed by atoms with Gasteiger partial charge in [0.15, 0.2) is 0 Å². The summed E-state index contributed by atoms with van der Waals surface area (Å²) in [5.74, 6) is 0. The molecule has 1 aromatic rings. The third-order valence-electron chi connectivity index (χ3n) is 2.32. The summed E-state index contributed by atoms with van der Waals surface area (Å²) >= 11 is 7.33. The summed E-state index contributed by atoms with van der Waals surface area (Å²) in [5, 5.41) is 17.6.